The third kappa shape index (κ3) is 3.29. The van der Waals surface area contributed by atoms with E-state index in [-0.39, 0.29) is 13.0 Å². The normalized spacial score (nSPS) is 21.9. The number of aliphatic carboxylic acids is 1. The minimum absolute atomic E-state index is 0.0236. The summed E-state index contributed by atoms with van der Waals surface area (Å²) in [5, 5.41) is 21.2. The Hall–Kier alpha value is -1.60. The van der Waals surface area contributed by atoms with Crippen LogP contribution in [0.1, 0.15) is 12.0 Å². The molecule has 0 unspecified atom stereocenters. The van der Waals surface area contributed by atoms with E-state index in [1.165, 1.54) is 0 Å². The molecule has 0 bridgehead atoms. The Balaban J connectivity index is 2.13. The summed E-state index contributed by atoms with van der Waals surface area (Å²) in [7, 11) is 0. The molecule has 20 heavy (non-hydrogen) atoms. The number of rotatable bonds is 2. The summed E-state index contributed by atoms with van der Waals surface area (Å²) in [6.45, 7) is 1.91. The zero-order valence-electron chi connectivity index (χ0n) is 10.8. The molecule has 0 spiro atoms. The van der Waals surface area contributed by atoms with Gasteiger partial charge in [0.25, 0.3) is 0 Å². The van der Waals surface area contributed by atoms with Crippen molar-refractivity contribution in [2.45, 2.75) is 25.5 Å². The number of β-amino-alcohol motifs (C(OH)–C–C–N with tert-alkyl or cyclic N) is 1. The first-order valence-electron chi connectivity index (χ1n) is 6.12. The molecular weight excluding hydrogens is 328 g/mol. The van der Waals surface area contributed by atoms with Crippen LogP contribution in [0, 0.1) is 6.92 Å². The highest BCUT2D eigenvalue weighted by Gasteiger charge is 2.38. The number of carbonyl (C=O) groups is 2. The van der Waals surface area contributed by atoms with Crippen LogP contribution in [-0.2, 0) is 4.79 Å². The number of amides is 2. The molecule has 6 nitrogen and oxygen atoms in total. The molecule has 108 valence electrons. The Morgan fingerprint density at radius 3 is 2.70 bits per heavy atom. The quantitative estimate of drug-likeness (QED) is 0.764. The van der Waals surface area contributed by atoms with E-state index in [2.05, 4.69) is 21.2 Å². The van der Waals surface area contributed by atoms with Crippen LogP contribution in [0.2, 0.25) is 0 Å². The highest BCUT2D eigenvalue weighted by Crippen LogP contribution is 2.22. The molecule has 1 aromatic rings. The van der Waals surface area contributed by atoms with Gasteiger partial charge < -0.3 is 20.4 Å². The number of carboxylic acid groups (broad SMARTS) is 1. The summed E-state index contributed by atoms with van der Waals surface area (Å²) < 4.78 is 0.823. The second-order valence-corrected chi connectivity index (χ2v) is 5.76. The van der Waals surface area contributed by atoms with Crippen LogP contribution in [-0.4, -0.2) is 45.8 Å². The Kier molecular flexibility index (Phi) is 4.29. The van der Waals surface area contributed by atoms with Crippen LogP contribution in [0.4, 0.5) is 10.5 Å². The third-order valence-corrected chi connectivity index (χ3v) is 3.58. The summed E-state index contributed by atoms with van der Waals surface area (Å²) in [5.41, 5.74) is 1.54. The number of carbonyl (C=O) groups excluding carboxylic acids is 1. The number of anilines is 1. The van der Waals surface area contributed by atoms with E-state index in [0.29, 0.717) is 5.69 Å². The number of carboxylic acids is 1. The van der Waals surface area contributed by atoms with Gasteiger partial charge in [0.15, 0.2) is 0 Å². The van der Waals surface area contributed by atoms with Crippen molar-refractivity contribution in [2.24, 2.45) is 0 Å². The Morgan fingerprint density at radius 1 is 1.40 bits per heavy atom. The van der Waals surface area contributed by atoms with Crippen molar-refractivity contribution in [3.63, 3.8) is 0 Å². The first kappa shape index (κ1) is 14.8. The first-order valence-corrected chi connectivity index (χ1v) is 6.92. The van der Waals surface area contributed by atoms with E-state index < -0.39 is 24.1 Å². The molecule has 3 N–H and O–H groups in total. The molecule has 1 fully saturated rings. The summed E-state index contributed by atoms with van der Waals surface area (Å²) in [5.74, 6) is -1.11. The molecule has 1 saturated heterocycles. The topological polar surface area (TPSA) is 89.9 Å². The van der Waals surface area contributed by atoms with Crippen molar-refractivity contribution in [1.29, 1.82) is 0 Å². The molecule has 1 aromatic carbocycles. The van der Waals surface area contributed by atoms with Gasteiger partial charge in [-0.25, -0.2) is 9.59 Å². The Morgan fingerprint density at radius 2 is 2.10 bits per heavy atom. The van der Waals surface area contributed by atoms with Crippen LogP contribution in [0.5, 0.6) is 0 Å². The van der Waals surface area contributed by atoms with E-state index >= 15 is 0 Å². The van der Waals surface area contributed by atoms with Gasteiger partial charge in [0, 0.05) is 23.1 Å². The fourth-order valence-electron chi connectivity index (χ4n) is 2.28. The maximum absolute atomic E-state index is 12.1. The number of aliphatic hydroxyl groups excluding tert-OH is 1. The summed E-state index contributed by atoms with van der Waals surface area (Å²) in [6.07, 6.45) is -0.744. The van der Waals surface area contributed by atoms with Crippen LogP contribution in [0.15, 0.2) is 22.7 Å². The van der Waals surface area contributed by atoms with Gasteiger partial charge >= 0.3 is 12.0 Å². The smallest absolute Gasteiger partial charge is 0.326 e. The third-order valence-electron chi connectivity index (χ3n) is 3.12. The highest BCUT2D eigenvalue weighted by molar-refractivity contribution is 9.10. The number of hydrogen-bond donors (Lipinski definition) is 3. The molecule has 1 aliphatic rings. The zero-order valence-corrected chi connectivity index (χ0v) is 12.4. The molecule has 0 aromatic heterocycles. The maximum Gasteiger partial charge on any atom is 0.326 e. The first-order chi connectivity index (χ1) is 9.36. The van der Waals surface area contributed by atoms with Crippen LogP contribution >= 0.6 is 15.9 Å². The summed E-state index contributed by atoms with van der Waals surface area (Å²) in [4.78, 5) is 24.3. The van der Waals surface area contributed by atoms with E-state index in [4.69, 9.17) is 5.11 Å². The van der Waals surface area contributed by atoms with Gasteiger partial charge in [0.1, 0.15) is 6.04 Å². The van der Waals surface area contributed by atoms with Crippen molar-refractivity contribution in [3.8, 4) is 0 Å². The Bertz CT molecular complexity index is 529. The number of likely N-dealkylation sites (tertiary alicyclic amines) is 1. The van der Waals surface area contributed by atoms with Crippen molar-refractivity contribution < 1.29 is 19.8 Å². The monoisotopic (exact) mass is 342 g/mol. The Labute approximate surface area is 124 Å². The lowest BCUT2D eigenvalue weighted by molar-refractivity contribution is -0.141. The van der Waals surface area contributed by atoms with Crippen molar-refractivity contribution in [2.75, 3.05) is 11.9 Å². The van der Waals surface area contributed by atoms with Crippen molar-refractivity contribution >= 4 is 33.6 Å². The number of aliphatic hydroxyl groups is 1. The zero-order chi connectivity index (χ0) is 14.9. The molecule has 1 heterocycles. The summed E-state index contributed by atoms with van der Waals surface area (Å²) >= 11 is 3.33. The van der Waals surface area contributed by atoms with Gasteiger partial charge in [0.2, 0.25) is 0 Å². The molecule has 0 saturated carbocycles. The fourth-order valence-corrected chi connectivity index (χ4v) is 2.88. The SMILES string of the molecule is Cc1cc(Br)cc(NC(=O)N2C[C@H](O)C[C@@H]2C(=O)O)c1. The molecule has 2 amide bonds. The number of nitrogens with zero attached hydrogens (tertiary/aromatic N) is 1. The molecule has 1 aliphatic heterocycles. The summed E-state index contributed by atoms with van der Waals surface area (Å²) in [6, 6.07) is 3.90. The van der Waals surface area contributed by atoms with Crippen LogP contribution < -0.4 is 5.32 Å². The van der Waals surface area contributed by atoms with Crippen LogP contribution in [0.25, 0.3) is 0 Å². The van der Waals surface area contributed by atoms with Gasteiger partial charge in [-0.05, 0) is 30.7 Å². The van der Waals surface area contributed by atoms with Crippen molar-refractivity contribution in [1.82, 2.24) is 4.90 Å². The lowest BCUT2D eigenvalue weighted by Crippen LogP contribution is -2.43. The van der Waals surface area contributed by atoms with E-state index in [0.717, 1.165) is 14.9 Å². The molecule has 7 heteroatoms. The van der Waals surface area contributed by atoms with Crippen LogP contribution in [0.3, 0.4) is 0 Å². The second-order valence-electron chi connectivity index (χ2n) is 4.84. The number of aryl methyl sites for hydroxylation is 1. The number of hydrogen-bond acceptors (Lipinski definition) is 3. The van der Waals surface area contributed by atoms with Gasteiger partial charge in [0.05, 0.1) is 6.10 Å². The minimum Gasteiger partial charge on any atom is -0.480 e. The lowest BCUT2D eigenvalue weighted by atomic mass is 10.2. The van der Waals surface area contributed by atoms with E-state index in [1.54, 1.807) is 12.1 Å². The number of halogens is 1. The predicted molar refractivity (Wildman–Crippen MR) is 76.7 cm³/mol. The van der Waals surface area contributed by atoms with Gasteiger partial charge in [-0.3, -0.25) is 0 Å². The fraction of sp³-hybridized carbons (Fsp3) is 0.385. The van der Waals surface area contributed by atoms with Crippen molar-refractivity contribution in [3.05, 3.63) is 28.2 Å². The van der Waals surface area contributed by atoms with Gasteiger partial charge in [-0.15, -0.1) is 0 Å². The molecule has 2 rings (SSSR count). The predicted octanol–water partition coefficient (Wildman–Crippen LogP) is 1.81. The van der Waals surface area contributed by atoms with Gasteiger partial charge in [-0.2, -0.15) is 0 Å². The average molecular weight is 343 g/mol. The molecule has 0 aliphatic carbocycles. The second kappa shape index (κ2) is 5.80. The molecule has 0 radical (unpaired) electrons. The highest BCUT2D eigenvalue weighted by atomic mass is 79.9. The number of benzene rings is 1. The largest absolute Gasteiger partial charge is 0.480 e. The minimum atomic E-state index is -1.11. The van der Waals surface area contributed by atoms with E-state index in [1.807, 2.05) is 13.0 Å². The van der Waals surface area contributed by atoms with E-state index in [9.17, 15) is 14.7 Å². The standard InChI is InChI=1S/C13H15BrN2O4/c1-7-2-8(14)4-9(3-7)15-13(20)16-6-10(17)5-11(16)12(18)19/h2-4,10-11,17H,5-6H2,1H3,(H,15,20)(H,18,19)/t10-,11-/m1/s1. The average Bonchev–Trinajstić information content (AvgIpc) is 2.70. The lowest BCUT2D eigenvalue weighted by Gasteiger charge is -2.21. The molecule has 2 atom stereocenters. The number of urea groups is 1. The maximum atomic E-state index is 12.1. The molecular formula is C13H15BrN2O4. The number of nitrogens with one attached hydrogen (secondary N) is 1. The van der Waals surface area contributed by atoms with Gasteiger partial charge in [-0.1, -0.05) is 15.9 Å².